The Balaban J connectivity index is 2.25. The molecule has 1 fully saturated rings. The van der Waals surface area contributed by atoms with Gasteiger partial charge in [-0.3, -0.25) is 0 Å². The second-order valence-corrected chi connectivity index (χ2v) is 4.70. The fraction of sp³-hybridized carbons (Fsp3) is 0.538. The summed E-state index contributed by atoms with van der Waals surface area (Å²) in [5, 5.41) is 4.22. The zero-order chi connectivity index (χ0) is 11.4. The largest absolute Gasteiger partial charge is 0.496 e. The van der Waals surface area contributed by atoms with Crippen molar-refractivity contribution >= 4 is 11.6 Å². The molecule has 0 aromatic heterocycles. The number of rotatable bonds is 2. The molecule has 88 valence electrons. The van der Waals surface area contributed by atoms with E-state index in [0.29, 0.717) is 5.92 Å². The normalized spacial score (nSPS) is 21.5. The number of hydrogen-bond acceptors (Lipinski definition) is 2. The van der Waals surface area contributed by atoms with Gasteiger partial charge in [0.15, 0.2) is 0 Å². The fourth-order valence-corrected chi connectivity index (χ4v) is 2.53. The van der Waals surface area contributed by atoms with Gasteiger partial charge in [-0.25, -0.2) is 0 Å². The van der Waals surface area contributed by atoms with Gasteiger partial charge in [0.05, 0.1) is 7.11 Å². The number of hydrogen-bond donors (Lipinski definition) is 1. The average molecular weight is 240 g/mol. The molecule has 1 saturated heterocycles. The first kappa shape index (κ1) is 11.7. The Morgan fingerprint density at radius 1 is 1.31 bits per heavy atom. The molecule has 0 amide bonds. The van der Waals surface area contributed by atoms with Crippen LogP contribution in [0.3, 0.4) is 0 Å². The van der Waals surface area contributed by atoms with E-state index in [1.165, 1.54) is 18.4 Å². The van der Waals surface area contributed by atoms with Crippen LogP contribution in [-0.4, -0.2) is 20.2 Å². The smallest absolute Gasteiger partial charge is 0.122 e. The number of ether oxygens (including phenoxy) is 1. The zero-order valence-electron chi connectivity index (χ0n) is 9.63. The Kier molecular flexibility index (Phi) is 4.08. The number of nitrogens with one attached hydrogen (secondary N) is 1. The second kappa shape index (κ2) is 5.55. The molecule has 3 heteroatoms. The van der Waals surface area contributed by atoms with Gasteiger partial charge in [-0.1, -0.05) is 11.6 Å². The summed E-state index contributed by atoms with van der Waals surface area (Å²) in [4.78, 5) is 0. The van der Waals surface area contributed by atoms with E-state index < -0.39 is 0 Å². The standard InChI is InChI=1S/C13H18ClNO/c1-16-13-5-4-11(14)9-12(13)10-3-2-7-15-8-6-10/h4-5,9-10,15H,2-3,6-8H2,1H3. The summed E-state index contributed by atoms with van der Waals surface area (Å²) in [5.74, 6) is 1.54. The third kappa shape index (κ3) is 2.69. The van der Waals surface area contributed by atoms with Gasteiger partial charge < -0.3 is 10.1 Å². The summed E-state index contributed by atoms with van der Waals surface area (Å²) in [6.45, 7) is 2.21. The van der Waals surface area contributed by atoms with Gasteiger partial charge in [0.2, 0.25) is 0 Å². The predicted molar refractivity (Wildman–Crippen MR) is 67.5 cm³/mol. The van der Waals surface area contributed by atoms with Crippen molar-refractivity contribution in [2.75, 3.05) is 20.2 Å². The van der Waals surface area contributed by atoms with E-state index in [4.69, 9.17) is 16.3 Å². The summed E-state index contributed by atoms with van der Waals surface area (Å²) in [6, 6.07) is 5.91. The average Bonchev–Trinajstić information content (AvgIpc) is 2.57. The molecule has 1 aliphatic heterocycles. The van der Waals surface area contributed by atoms with Crippen LogP contribution in [0.15, 0.2) is 18.2 Å². The molecule has 0 spiro atoms. The van der Waals surface area contributed by atoms with Crippen LogP contribution in [0.4, 0.5) is 0 Å². The van der Waals surface area contributed by atoms with E-state index in [1.54, 1.807) is 7.11 Å². The maximum Gasteiger partial charge on any atom is 0.122 e. The Morgan fingerprint density at radius 2 is 2.19 bits per heavy atom. The third-order valence-corrected chi connectivity index (χ3v) is 3.44. The highest BCUT2D eigenvalue weighted by Crippen LogP contribution is 2.34. The zero-order valence-corrected chi connectivity index (χ0v) is 10.4. The highest BCUT2D eigenvalue weighted by atomic mass is 35.5. The van der Waals surface area contributed by atoms with Crippen LogP contribution in [0.1, 0.15) is 30.7 Å². The van der Waals surface area contributed by atoms with Crippen LogP contribution >= 0.6 is 11.6 Å². The van der Waals surface area contributed by atoms with Crippen LogP contribution < -0.4 is 10.1 Å². The molecule has 1 aromatic carbocycles. The van der Waals surface area contributed by atoms with Crippen LogP contribution in [-0.2, 0) is 0 Å². The van der Waals surface area contributed by atoms with Gasteiger partial charge in [-0.2, -0.15) is 0 Å². The number of halogens is 1. The summed E-state index contributed by atoms with van der Waals surface area (Å²) in [5.41, 5.74) is 1.26. The van der Waals surface area contributed by atoms with Crippen LogP contribution in [0.2, 0.25) is 5.02 Å². The highest BCUT2D eigenvalue weighted by Gasteiger charge is 2.18. The van der Waals surface area contributed by atoms with Crippen molar-refractivity contribution in [2.45, 2.75) is 25.2 Å². The van der Waals surface area contributed by atoms with Gasteiger partial charge in [-0.05, 0) is 62.0 Å². The highest BCUT2D eigenvalue weighted by molar-refractivity contribution is 6.30. The fourth-order valence-electron chi connectivity index (χ4n) is 2.35. The van der Waals surface area contributed by atoms with E-state index in [0.717, 1.165) is 30.3 Å². The molecular weight excluding hydrogens is 222 g/mol. The van der Waals surface area contributed by atoms with Crippen molar-refractivity contribution in [3.05, 3.63) is 28.8 Å². The van der Waals surface area contributed by atoms with Crippen molar-refractivity contribution in [1.29, 1.82) is 0 Å². The number of methoxy groups -OCH3 is 1. The van der Waals surface area contributed by atoms with Crippen LogP contribution in [0.25, 0.3) is 0 Å². The van der Waals surface area contributed by atoms with Crippen molar-refractivity contribution in [3.8, 4) is 5.75 Å². The molecule has 0 radical (unpaired) electrons. The lowest BCUT2D eigenvalue weighted by molar-refractivity contribution is 0.402. The van der Waals surface area contributed by atoms with Gasteiger partial charge in [0.1, 0.15) is 5.75 Å². The van der Waals surface area contributed by atoms with E-state index in [2.05, 4.69) is 11.4 Å². The molecule has 1 aromatic rings. The van der Waals surface area contributed by atoms with Crippen molar-refractivity contribution in [1.82, 2.24) is 5.32 Å². The van der Waals surface area contributed by atoms with E-state index in [9.17, 15) is 0 Å². The first-order valence-electron chi connectivity index (χ1n) is 5.85. The second-order valence-electron chi connectivity index (χ2n) is 4.26. The topological polar surface area (TPSA) is 21.3 Å². The molecule has 2 nitrogen and oxygen atoms in total. The first-order chi connectivity index (χ1) is 7.81. The van der Waals surface area contributed by atoms with E-state index in [1.807, 2.05) is 12.1 Å². The Hall–Kier alpha value is -0.730. The Morgan fingerprint density at radius 3 is 3.00 bits per heavy atom. The molecule has 0 aliphatic carbocycles. The Labute approximate surface area is 102 Å². The van der Waals surface area contributed by atoms with E-state index in [-0.39, 0.29) is 0 Å². The molecule has 1 unspecified atom stereocenters. The van der Waals surface area contributed by atoms with Crippen molar-refractivity contribution in [3.63, 3.8) is 0 Å². The van der Waals surface area contributed by atoms with Gasteiger partial charge in [0.25, 0.3) is 0 Å². The Bertz CT molecular complexity index is 346. The van der Waals surface area contributed by atoms with Crippen LogP contribution in [0.5, 0.6) is 5.75 Å². The molecule has 1 atom stereocenters. The lowest BCUT2D eigenvalue weighted by Crippen LogP contribution is -2.13. The van der Waals surface area contributed by atoms with Gasteiger partial charge in [-0.15, -0.1) is 0 Å². The molecule has 1 aliphatic rings. The molecule has 1 N–H and O–H groups in total. The maximum atomic E-state index is 6.06. The maximum absolute atomic E-state index is 6.06. The van der Waals surface area contributed by atoms with Crippen molar-refractivity contribution in [2.24, 2.45) is 0 Å². The summed E-state index contributed by atoms with van der Waals surface area (Å²) >= 11 is 6.06. The minimum atomic E-state index is 0.573. The SMILES string of the molecule is COc1ccc(Cl)cc1C1CCCNCC1. The number of benzene rings is 1. The van der Waals surface area contributed by atoms with Crippen molar-refractivity contribution < 1.29 is 4.74 Å². The summed E-state index contributed by atoms with van der Waals surface area (Å²) < 4.78 is 5.42. The minimum absolute atomic E-state index is 0.573. The molecule has 2 rings (SSSR count). The summed E-state index contributed by atoms with van der Waals surface area (Å²) in [6.07, 6.45) is 3.60. The van der Waals surface area contributed by atoms with E-state index >= 15 is 0 Å². The predicted octanol–water partition coefficient (Wildman–Crippen LogP) is 3.21. The molecular formula is C13H18ClNO. The lowest BCUT2D eigenvalue weighted by Gasteiger charge is -2.17. The first-order valence-corrected chi connectivity index (χ1v) is 6.23. The molecule has 1 heterocycles. The molecule has 0 saturated carbocycles. The minimum Gasteiger partial charge on any atom is -0.496 e. The monoisotopic (exact) mass is 239 g/mol. The van der Waals surface area contributed by atoms with Crippen LogP contribution in [0, 0.1) is 0 Å². The molecule has 16 heavy (non-hydrogen) atoms. The quantitative estimate of drug-likeness (QED) is 0.856. The summed E-state index contributed by atoms with van der Waals surface area (Å²) in [7, 11) is 1.72. The molecule has 0 bridgehead atoms. The third-order valence-electron chi connectivity index (χ3n) is 3.21. The lowest BCUT2D eigenvalue weighted by atomic mass is 9.91. The van der Waals surface area contributed by atoms with Gasteiger partial charge >= 0.3 is 0 Å². The van der Waals surface area contributed by atoms with Gasteiger partial charge in [0, 0.05) is 5.02 Å².